The van der Waals surface area contributed by atoms with Crippen LogP contribution in [-0.4, -0.2) is 37.0 Å². The van der Waals surface area contributed by atoms with Crippen molar-refractivity contribution < 1.29 is 36.6 Å². The fraction of sp³-hybridized carbons (Fsp3) is 0.818. The number of halogens is 4. The molecule has 4 nitrogen and oxygen atoms in total. The summed E-state index contributed by atoms with van der Waals surface area (Å²) in [6.07, 6.45) is -2.55. The predicted molar refractivity (Wildman–Crippen MR) is 54.8 cm³/mol. The van der Waals surface area contributed by atoms with Crippen LogP contribution in [0.4, 0.5) is 17.6 Å². The Bertz CT molecular complexity index is 383. The number of alkyl halides is 4. The van der Waals surface area contributed by atoms with E-state index in [1.807, 2.05) is 0 Å². The van der Waals surface area contributed by atoms with Crippen molar-refractivity contribution in [2.24, 2.45) is 5.41 Å². The molecule has 1 aliphatic carbocycles. The molecule has 0 aromatic carbocycles. The molecule has 0 radical (unpaired) electrons. The minimum Gasteiger partial charge on any atom is -0.466 e. The molecular formula is C11H14F4O4. The van der Waals surface area contributed by atoms with Crippen molar-refractivity contribution in [1.82, 2.24) is 0 Å². The van der Waals surface area contributed by atoms with Gasteiger partial charge in [0.25, 0.3) is 0 Å². The molecule has 0 bridgehead atoms. The Balaban J connectivity index is 3.01. The largest absolute Gasteiger partial charge is 0.466 e. The van der Waals surface area contributed by atoms with Gasteiger partial charge in [-0.1, -0.05) is 0 Å². The highest BCUT2D eigenvalue weighted by Gasteiger charge is 2.84. The third-order valence-electron chi connectivity index (χ3n) is 3.00. The molecule has 1 fully saturated rings. The van der Waals surface area contributed by atoms with Crippen LogP contribution in [0.1, 0.15) is 26.7 Å². The molecule has 0 aromatic rings. The number of hydrogen-bond donors (Lipinski definition) is 0. The monoisotopic (exact) mass is 286 g/mol. The smallest absolute Gasteiger partial charge is 0.326 e. The topological polar surface area (TPSA) is 52.6 Å². The van der Waals surface area contributed by atoms with E-state index in [0.29, 0.717) is 0 Å². The third-order valence-corrected chi connectivity index (χ3v) is 3.00. The zero-order chi connectivity index (χ0) is 14.9. The van der Waals surface area contributed by atoms with Gasteiger partial charge in [0.2, 0.25) is 0 Å². The van der Waals surface area contributed by atoms with Crippen molar-refractivity contribution in [3.05, 3.63) is 0 Å². The Hall–Kier alpha value is -1.34. The first-order valence-corrected chi connectivity index (χ1v) is 5.73. The van der Waals surface area contributed by atoms with Gasteiger partial charge in [0.05, 0.1) is 19.6 Å². The van der Waals surface area contributed by atoms with Crippen LogP contribution in [0.15, 0.2) is 0 Å². The van der Waals surface area contributed by atoms with Gasteiger partial charge >= 0.3 is 23.8 Å². The minimum atomic E-state index is -4.63. The number of esters is 2. The Morgan fingerprint density at radius 3 is 1.95 bits per heavy atom. The lowest BCUT2D eigenvalue weighted by Crippen LogP contribution is -2.70. The quantitative estimate of drug-likeness (QED) is 0.574. The van der Waals surface area contributed by atoms with Crippen LogP contribution in [-0.2, 0) is 19.1 Å². The zero-order valence-electron chi connectivity index (χ0n) is 10.5. The van der Waals surface area contributed by atoms with E-state index in [4.69, 9.17) is 0 Å². The van der Waals surface area contributed by atoms with E-state index < -0.39 is 42.0 Å². The average Bonchev–Trinajstić information content (AvgIpc) is 2.27. The maximum absolute atomic E-state index is 13.6. The Morgan fingerprint density at radius 1 is 1.05 bits per heavy atom. The van der Waals surface area contributed by atoms with Gasteiger partial charge in [-0.15, -0.1) is 0 Å². The van der Waals surface area contributed by atoms with Crippen LogP contribution < -0.4 is 0 Å². The van der Waals surface area contributed by atoms with Crippen molar-refractivity contribution in [2.75, 3.05) is 13.2 Å². The number of hydrogen-bond acceptors (Lipinski definition) is 4. The van der Waals surface area contributed by atoms with Crippen molar-refractivity contribution in [3.63, 3.8) is 0 Å². The van der Waals surface area contributed by atoms with Crippen molar-refractivity contribution in [1.29, 1.82) is 0 Å². The summed E-state index contributed by atoms with van der Waals surface area (Å²) in [5, 5.41) is 0. The lowest BCUT2D eigenvalue weighted by Gasteiger charge is -2.51. The van der Waals surface area contributed by atoms with Crippen LogP contribution in [0.3, 0.4) is 0 Å². The van der Waals surface area contributed by atoms with E-state index in [9.17, 15) is 27.2 Å². The maximum Gasteiger partial charge on any atom is 0.326 e. The molecule has 1 saturated carbocycles. The highest BCUT2D eigenvalue weighted by Crippen LogP contribution is 2.65. The zero-order valence-corrected chi connectivity index (χ0v) is 10.5. The van der Waals surface area contributed by atoms with Crippen LogP contribution in [0.25, 0.3) is 0 Å². The Kier molecular flexibility index (Phi) is 4.11. The molecule has 0 saturated heterocycles. The van der Waals surface area contributed by atoms with Crippen molar-refractivity contribution >= 4 is 11.9 Å². The summed E-state index contributed by atoms with van der Waals surface area (Å²) in [5.74, 6) is -11.6. The highest BCUT2D eigenvalue weighted by molar-refractivity contribution is 5.86. The van der Waals surface area contributed by atoms with Crippen LogP contribution in [0, 0.1) is 5.41 Å². The molecule has 0 unspecified atom stereocenters. The van der Waals surface area contributed by atoms with Crippen LogP contribution in [0.5, 0.6) is 0 Å². The fourth-order valence-electron chi connectivity index (χ4n) is 2.02. The molecular weight excluding hydrogens is 272 g/mol. The molecule has 0 spiro atoms. The molecule has 1 aliphatic rings. The normalized spacial score (nSPS) is 27.3. The molecule has 0 amide bonds. The number of carbonyl (C=O) groups excluding carboxylic acids is 2. The first-order chi connectivity index (χ1) is 8.64. The average molecular weight is 286 g/mol. The number of carbonyl (C=O) groups is 2. The van der Waals surface area contributed by atoms with Crippen molar-refractivity contribution in [3.8, 4) is 0 Å². The van der Waals surface area contributed by atoms with Gasteiger partial charge in [-0.05, 0) is 13.8 Å². The van der Waals surface area contributed by atoms with Gasteiger partial charge in [0.15, 0.2) is 5.41 Å². The van der Waals surface area contributed by atoms with Gasteiger partial charge in [-0.2, -0.15) is 17.6 Å². The standard InChI is InChI=1S/C11H14F4O4/c1-3-18-7(16)5-9(8(17)19-4-2)6-10(12,13)11(9,14)15/h3-6H2,1-2H3/t9-/m0/s1. The number of ether oxygens (including phenoxy) is 2. The molecule has 8 heteroatoms. The van der Waals surface area contributed by atoms with Crippen molar-refractivity contribution in [2.45, 2.75) is 38.5 Å². The van der Waals surface area contributed by atoms with Crippen LogP contribution >= 0.6 is 0 Å². The van der Waals surface area contributed by atoms with Gasteiger partial charge in [0.1, 0.15) is 0 Å². The molecule has 0 aromatic heterocycles. The van der Waals surface area contributed by atoms with Gasteiger partial charge in [-0.25, -0.2) is 0 Å². The second-order valence-electron chi connectivity index (χ2n) is 4.24. The molecule has 0 N–H and O–H groups in total. The summed E-state index contributed by atoms with van der Waals surface area (Å²) in [7, 11) is 0. The van der Waals surface area contributed by atoms with E-state index >= 15 is 0 Å². The van der Waals surface area contributed by atoms with E-state index in [-0.39, 0.29) is 13.2 Å². The molecule has 110 valence electrons. The lowest BCUT2D eigenvalue weighted by molar-refractivity contribution is -0.350. The summed E-state index contributed by atoms with van der Waals surface area (Å²) >= 11 is 0. The molecule has 1 rings (SSSR count). The molecule has 1 atom stereocenters. The molecule has 19 heavy (non-hydrogen) atoms. The predicted octanol–water partition coefficient (Wildman–Crippen LogP) is 2.16. The SMILES string of the molecule is CCOC(=O)C[C@@]1(C(=O)OCC)CC(F)(F)C1(F)F. The summed E-state index contributed by atoms with van der Waals surface area (Å²) in [6.45, 7) is 2.44. The summed E-state index contributed by atoms with van der Waals surface area (Å²) in [5.41, 5.74) is -2.83. The molecule has 0 aliphatic heterocycles. The van der Waals surface area contributed by atoms with E-state index in [1.54, 1.807) is 0 Å². The van der Waals surface area contributed by atoms with E-state index in [0.717, 1.165) is 0 Å². The second-order valence-corrected chi connectivity index (χ2v) is 4.24. The van der Waals surface area contributed by atoms with Crippen LogP contribution in [0.2, 0.25) is 0 Å². The van der Waals surface area contributed by atoms with E-state index in [1.165, 1.54) is 13.8 Å². The maximum atomic E-state index is 13.6. The Labute approximate surface area is 107 Å². The fourth-order valence-corrected chi connectivity index (χ4v) is 2.02. The minimum absolute atomic E-state index is 0.0975. The third kappa shape index (κ3) is 2.28. The van der Waals surface area contributed by atoms with Gasteiger partial charge in [0, 0.05) is 6.42 Å². The molecule has 0 heterocycles. The number of rotatable bonds is 5. The van der Waals surface area contributed by atoms with Gasteiger partial charge in [-0.3, -0.25) is 9.59 Å². The van der Waals surface area contributed by atoms with E-state index in [2.05, 4.69) is 9.47 Å². The lowest BCUT2D eigenvalue weighted by atomic mass is 9.60. The first-order valence-electron chi connectivity index (χ1n) is 5.73. The first kappa shape index (κ1) is 15.7. The second kappa shape index (κ2) is 4.97. The summed E-state index contributed by atoms with van der Waals surface area (Å²) in [6, 6.07) is 0. The summed E-state index contributed by atoms with van der Waals surface area (Å²) < 4.78 is 61.8. The Morgan fingerprint density at radius 2 is 1.58 bits per heavy atom. The summed E-state index contributed by atoms with van der Waals surface area (Å²) in [4.78, 5) is 22.8. The van der Waals surface area contributed by atoms with Gasteiger partial charge < -0.3 is 9.47 Å². The highest BCUT2D eigenvalue weighted by atomic mass is 19.3.